The summed E-state index contributed by atoms with van der Waals surface area (Å²) < 4.78 is 2.29. The third kappa shape index (κ3) is 2.33. The van der Waals surface area contributed by atoms with Crippen LogP contribution >= 0.6 is 11.6 Å². The second-order valence-electron chi connectivity index (χ2n) is 5.06. The molecule has 0 spiro atoms. The number of aryl methyl sites for hydroxylation is 1. The number of nitrogens with zero attached hydrogens (tertiary/aromatic N) is 1. The molecule has 0 aliphatic heterocycles. The Balaban J connectivity index is 2.03. The molecule has 1 aromatic heterocycles. The van der Waals surface area contributed by atoms with Crippen molar-refractivity contribution in [3.8, 4) is 0 Å². The molecule has 0 saturated carbocycles. The van der Waals surface area contributed by atoms with Gasteiger partial charge in [0.25, 0.3) is 0 Å². The highest BCUT2D eigenvalue weighted by molar-refractivity contribution is 6.31. The Bertz CT molecular complexity index is 759. The Morgan fingerprint density at radius 3 is 2.65 bits per heavy atom. The molecule has 0 radical (unpaired) electrons. The van der Waals surface area contributed by atoms with Crippen LogP contribution in [0.5, 0.6) is 0 Å². The molecule has 0 fully saturated rings. The first-order valence-electron chi connectivity index (χ1n) is 6.71. The Labute approximate surface area is 123 Å². The van der Waals surface area contributed by atoms with Crippen molar-refractivity contribution >= 4 is 22.5 Å². The number of aromatic nitrogens is 1. The first kappa shape index (κ1) is 13.2. The fraction of sp³-hybridized carbons (Fsp3) is 0.176. The minimum Gasteiger partial charge on any atom is -0.340 e. The molecule has 0 unspecified atom stereocenters. The van der Waals surface area contributed by atoms with Gasteiger partial charge in [-0.15, -0.1) is 0 Å². The van der Waals surface area contributed by atoms with E-state index in [9.17, 15) is 0 Å². The van der Waals surface area contributed by atoms with Crippen LogP contribution in [0.1, 0.15) is 16.8 Å². The Kier molecular flexibility index (Phi) is 3.51. The average molecular weight is 285 g/mol. The molecule has 0 aliphatic carbocycles. The van der Waals surface area contributed by atoms with Gasteiger partial charge >= 0.3 is 0 Å². The van der Waals surface area contributed by atoms with Gasteiger partial charge in [-0.1, -0.05) is 41.9 Å². The summed E-state index contributed by atoms with van der Waals surface area (Å²) in [5.74, 6) is 0. The van der Waals surface area contributed by atoms with Crippen LogP contribution in [0.15, 0.2) is 48.5 Å². The maximum atomic E-state index is 6.36. The minimum absolute atomic E-state index is 0.519. The molecule has 20 heavy (non-hydrogen) atoms. The Morgan fingerprint density at radius 1 is 1.10 bits per heavy atom. The average Bonchev–Trinajstić information content (AvgIpc) is 2.77. The number of fused-ring (bicyclic) bond motifs is 1. The lowest BCUT2D eigenvalue weighted by Crippen LogP contribution is -2.03. The maximum Gasteiger partial charge on any atom is 0.0493 e. The molecule has 3 rings (SSSR count). The van der Waals surface area contributed by atoms with Gasteiger partial charge in [-0.25, -0.2) is 0 Å². The predicted molar refractivity (Wildman–Crippen MR) is 85.1 cm³/mol. The van der Waals surface area contributed by atoms with E-state index in [2.05, 4.69) is 47.9 Å². The number of hydrogen-bond acceptors (Lipinski definition) is 1. The SMILES string of the molecule is Cc1cc2ccccc2n1Cc1ccc(CN)cc1Cl. The molecule has 0 aliphatic rings. The van der Waals surface area contributed by atoms with Crippen LogP contribution in [0, 0.1) is 6.92 Å². The fourth-order valence-corrected chi connectivity index (χ4v) is 2.84. The van der Waals surface area contributed by atoms with Crippen molar-refractivity contribution in [2.24, 2.45) is 5.73 Å². The number of benzene rings is 2. The number of nitrogens with two attached hydrogens (primary N) is 1. The molecule has 2 aromatic carbocycles. The standard InChI is InChI=1S/C17H17ClN2/c1-12-8-14-4-2-3-5-17(14)20(12)11-15-7-6-13(10-19)9-16(15)18/h2-9H,10-11,19H2,1H3. The van der Waals surface area contributed by atoms with Crippen molar-refractivity contribution in [1.29, 1.82) is 0 Å². The summed E-state index contributed by atoms with van der Waals surface area (Å²) in [4.78, 5) is 0. The summed E-state index contributed by atoms with van der Waals surface area (Å²) in [7, 11) is 0. The van der Waals surface area contributed by atoms with E-state index in [1.54, 1.807) is 0 Å². The zero-order valence-corrected chi connectivity index (χ0v) is 12.2. The van der Waals surface area contributed by atoms with Crippen molar-refractivity contribution in [2.45, 2.75) is 20.0 Å². The number of para-hydroxylation sites is 1. The fourth-order valence-electron chi connectivity index (χ4n) is 2.57. The van der Waals surface area contributed by atoms with Crippen LogP contribution < -0.4 is 5.73 Å². The molecular weight excluding hydrogens is 268 g/mol. The van der Waals surface area contributed by atoms with E-state index < -0.39 is 0 Å². The van der Waals surface area contributed by atoms with E-state index in [0.717, 1.165) is 22.7 Å². The highest BCUT2D eigenvalue weighted by Gasteiger charge is 2.08. The first-order valence-corrected chi connectivity index (χ1v) is 7.09. The topological polar surface area (TPSA) is 30.9 Å². The van der Waals surface area contributed by atoms with Gasteiger partial charge in [-0.05, 0) is 41.6 Å². The number of rotatable bonds is 3. The Morgan fingerprint density at radius 2 is 1.90 bits per heavy atom. The van der Waals surface area contributed by atoms with E-state index in [1.807, 2.05) is 12.1 Å². The summed E-state index contributed by atoms with van der Waals surface area (Å²) in [5, 5.41) is 2.05. The molecule has 1 heterocycles. The van der Waals surface area contributed by atoms with E-state index >= 15 is 0 Å². The van der Waals surface area contributed by atoms with Crippen molar-refractivity contribution < 1.29 is 0 Å². The van der Waals surface area contributed by atoms with Crippen LogP contribution in [0.3, 0.4) is 0 Å². The molecular formula is C17H17ClN2. The second-order valence-corrected chi connectivity index (χ2v) is 5.47. The van der Waals surface area contributed by atoms with Gasteiger partial charge < -0.3 is 10.3 Å². The third-order valence-corrected chi connectivity index (χ3v) is 4.05. The molecule has 0 saturated heterocycles. The molecule has 0 bridgehead atoms. The van der Waals surface area contributed by atoms with Crippen molar-refractivity contribution in [3.05, 3.63) is 70.4 Å². The van der Waals surface area contributed by atoms with E-state index in [-0.39, 0.29) is 0 Å². The lowest BCUT2D eigenvalue weighted by Gasteiger charge is -2.11. The van der Waals surface area contributed by atoms with Gasteiger partial charge in [-0.2, -0.15) is 0 Å². The molecule has 2 nitrogen and oxygen atoms in total. The monoisotopic (exact) mass is 284 g/mol. The van der Waals surface area contributed by atoms with Crippen LogP contribution in [0.25, 0.3) is 10.9 Å². The first-order chi connectivity index (χ1) is 9.69. The van der Waals surface area contributed by atoms with Crippen LogP contribution in [0.4, 0.5) is 0 Å². The molecule has 2 N–H and O–H groups in total. The number of halogens is 1. The van der Waals surface area contributed by atoms with Crippen LogP contribution in [-0.4, -0.2) is 4.57 Å². The smallest absolute Gasteiger partial charge is 0.0493 e. The quantitative estimate of drug-likeness (QED) is 0.771. The zero-order valence-electron chi connectivity index (χ0n) is 11.4. The summed E-state index contributed by atoms with van der Waals surface area (Å²) in [6.45, 7) is 3.43. The summed E-state index contributed by atoms with van der Waals surface area (Å²) in [6, 6.07) is 16.7. The molecule has 102 valence electrons. The lowest BCUT2D eigenvalue weighted by atomic mass is 10.1. The van der Waals surface area contributed by atoms with Gasteiger partial charge in [0.1, 0.15) is 0 Å². The molecule has 3 aromatic rings. The third-order valence-electron chi connectivity index (χ3n) is 3.70. The molecule has 0 amide bonds. The van der Waals surface area contributed by atoms with Gasteiger partial charge in [-0.3, -0.25) is 0 Å². The highest BCUT2D eigenvalue weighted by Crippen LogP contribution is 2.24. The summed E-state index contributed by atoms with van der Waals surface area (Å²) in [6.07, 6.45) is 0. The van der Waals surface area contributed by atoms with Gasteiger partial charge in [0, 0.05) is 29.3 Å². The molecule has 0 atom stereocenters. The van der Waals surface area contributed by atoms with Gasteiger partial charge in [0.05, 0.1) is 0 Å². The normalized spacial score (nSPS) is 11.2. The van der Waals surface area contributed by atoms with Gasteiger partial charge in [0.15, 0.2) is 0 Å². The number of hydrogen-bond donors (Lipinski definition) is 1. The Hall–Kier alpha value is -1.77. The lowest BCUT2D eigenvalue weighted by molar-refractivity contribution is 0.804. The second kappa shape index (κ2) is 5.31. The predicted octanol–water partition coefficient (Wildman–Crippen LogP) is 4.11. The minimum atomic E-state index is 0.519. The van der Waals surface area contributed by atoms with E-state index in [1.165, 1.54) is 16.6 Å². The van der Waals surface area contributed by atoms with Crippen molar-refractivity contribution in [3.63, 3.8) is 0 Å². The van der Waals surface area contributed by atoms with Crippen molar-refractivity contribution in [2.75, 3.05) is 0 Å². The van der Waals surface area contributed by atoms with Crippen LogP contribution in [-0.2, 0) is 13.1 Å². The molecule has 3 heteroatoms. The summed E-state index contributed by atoms with van der Waals surface area (Å²) in [5.41, 5.74) is 10.3. The largest absolute Gasteiger partial charge is 0.340 e. The van der Waals surface area contributed by atoms with Crippen molar-refractivity contribution in [1.82, 2.24) is 4.57 Å². The summed E-state index contributed by atoms with van der Waals surface area (Å²) >= 11 is 6.36. The van der Waals surface area contributed by atoms with E-state index in [0.29, 0.717) is 6.54 Å². The zero-order chi connectivity index (χ0) is 14.1. The maximum absolute atomic E-state index is 6.36. The van der Waals surface area contributed by atoms with Gasteiger partial charge in [0.2, 0.25) is 0 Å². The highest BCUT2D eigenvalue weighted by atomic mass is 35.5. The van der Waals surface area contributed by atoms with Crippen LogP contribution in [0.2, 0.25) is 5.02 Å². The van der Waals surface area contributed by atoms with E-state index in [4.69, 9.17) is 17.3 Å².